The van der Waals surface area contributed by atoms with Crippen molar-refractivity contribution in [3.05, 3.63) is 77.7 Å². The number of hydrogen-bond acceptors (Lipinski definition) is 4. The highest BCUT2D eigenvalue weighted by atomic mass is 35.5. The van der Waals surface area contributed by atoms with Gasteiger partial charge in [-0.1, -0.05) is 30.2 Å². The molecule has 41 heavy (non-hydrogen) atoms. The van der Waals surface area contributed by atoms with Crippen molar-refractivity contribution in [1.29, 1.82) is 0 Å². The zero-order chi connectivity index (χ0) is 29.0. The van der Waals surface area contributed by atoms with Gasteiger partial charge in [-0.25, -0.2) is 9.59 Å². The molecule has 1 aliphatic heterocycles. The van der Waals surface area contributed by atoms with Gasteiger partial charge >= 0.3 is 18.2 Å². The van der Waals surface area contributed by atoms with Crippen LogP contribution >= 0.6 is 11.6 Å². The molecule has 5 rings (SSSR count). The van der Waals surface area contributed by atoms with Gasteiger partial charge < -0.3 is 20.9 Å². The summed E-state index contributed by atoms with van der Waals surface area (Å²) in [6.45, 7) is 3.48. The monoisotopic (exact) mass is 584 g/mol. The smallest absolute Gasteiger partial charge is 0.336 e. The quantitative estimate of drug-likeness (QED) is 0.226. The number of pyridine rings is 1. The fourth-order valence-corrected chi connectivity index (χ4v) is 5.13. The van der Waals surface area contributed by atoms with Crippen LogP contribution in [-0.2, 0) is 6.18 Å². The first-order valence-corrected chi connectivity index (χ1v) is 13.6. The first kappa shape index (κ1) is 28.4. The Hall–Kier alpha value is -4.09. The average Bonchev–Trinajstić information content (AvgIpc) is 3.34. The third-order valence-corrected chi connectivity index (χ3v) is 7.29. The minimum atomic E-state index is -4.65. The van der Waals surface area contributed by atoms with Crippen molar-refractivity contribution >= 4 is 45.9 Å². The molecule has 0 aliphatic carbocycles. The zero-order valence-corrected chi connectivity index (χ0v) is 22.7. The van der Waals surface area contributed by atoms with Crippen molar-refractivity contribution in [2.45, 2.75) is 25.4 Å². The van der Waals surface area contributed by atoms with Gasteiger partial charge in [-0.05, 0) is 67.9 Å². The van der Waals surface area contributed by atoms with Crippen molar-refractivity contribution in [3.8, 4) is 11.1 Å². The van der Waals surface area contributed by atoms with E-state index in [0.717, 1.165) is 48.3 Å². The van der Waals surface area contributed by atoms with Gasteiger partial charge in [0.25, 0.3) is 0 Å². The average molecular weight is 585 g/mol. The largest absolute Gasteiger partial charge is 0.417 e. The lowest BCUT2D eigenvalue weighted by Gasteiger charge is -2.26. The van der Waals surface area contributed by atoms with E-state index in [-0.39, 0.29) is 11.7 Å². The molecule has 0 bridgehead atoms. The number of anilines is 2. The van der Waals surface area contributed by atoms with Crippen molar-refractivity contribution in [2.24, 2.45) is 0 Å². The van der Waals surface area contributed by atoms with E-state index < -0.39 is 22.8 Å². The van der Waals surface area contributed by atoms with Gasteiger partial charge in [-0.15, -0.1) is 0 Å². The Morgan fingerprint density at radius 1 is 0.951 bits per heavy atom. The number of hydrogen-bond donors (Lipinski definition) is 3. The topological polar surface area (TPSA) is 91.3 Å². The van der Waals surface area contributed by atoms with E-state index in [4.69, 9.17) is 11.6 Å². The summed E-state index contributed by atoms with van der Waals surface area (Å²) in [6, 6.07) is 10.9. The predicted molar refractivity (Wildman–Crippen MR) is 153 cm³/mol. The highest BCUT2D eigenvalue weighted by Crippen LogP contribution is 2.36. The summed E-state index contributed by atoms with van der Waals surface area (Å²) < 4.78 is 40.9. The lowest BCUT2D eigenvalue weighted by atomic mass is 10.1. The number of carbonyl (C=O) groups is 2. The molecule has 4 aromatic rings. The van der Waals surface area contributed by atoms with Crippen LogP contribution in [0.15, 0.2) is 67.1 Å². The third kappa shape index (κ3) is 6.80. The maximum atomic E-state index is 13.1. The first-order chi connectivity index (χ1) is 19.7. The van der Waals surface area contributed by atoms with Crippen LogP contribution in [0.5, 0.6) is 0 Å². The Bertz CT molecular complexity index is 1550. The number of piperidine rings is 1. The summed E-state index contributed by atoms with van der Waals surface area (Å²) in [5.41, 5.74) is 1.63. The van der Waals surface area contributed by atoms with E-state index in [1.54, 1.807) is 53.5 Å². The number of nitrogens with zero attached hydrogens (tertiary/aromatic N) is 3. The molecule has 3 amide bonds. The molecular weight excluding hydrogens is 557 g/mol. The van der Waals surface area contributed by atoms with Gasteiger partial charge in [0.05, 0.1) is 16.1 Å². The summed E-state index contributed by atoms with van der Waals surface area (Å²) in [5, 5.41) is 8.33. The molecule has 0 atom stereocenters. The summed E-state index contributed by atoms with van der Waals surface area (Å²) in [7, 11) is 0. The number of alkyl halides is 3. The molecule has 3 heterocycles. The van der Waals surface area contributed by atoms with Gasteiger partial charge in [0.15, 0.2) is 0 Å². The highest BCUT2D eigenvalue weighted by Gasteiger charge is 2.33. The molecule has 1 saturated heterocycles. The second kappa shape index (κ2) is 12.2. The number of rotatable bonds is 6. The molecule has 0 saturated carbocycles. The third-order valence-electron chi connectivity index (χ3n) is 6.96. The van der Waals surface area contributed by atoms with E-state index in [1.807, 2.05) is 0 Å². The molecule has 0 unspecified atom stereocenters. The Balaban J connectivity index is 1.26. The molecular formula is C29H28ClF3N6O2. The number of likely N-dealkylation sites (tertiary alicyclic amines) is 1. The number of urea groups is 1. The van der Waals surface area contributed by atoms with E-state index in [0.29, 0.717) is 17.7 Å². The molecule has 214 valence electrons. The van der Waals surface area contributed by atoms with Gasteiger partial charge in [-0.2, -0.15) is 13.2 Å². The fourth-order valence-electron chi connectivity index (χ4n) is 4.91. The van der Waals surface area contributed by atoms with E-state index in [9.17, 15) is 22.8 Å². The maximum Gasteiger partial charge on any atom is 0.417 e. The van der Waals surface area contributed by atoms with Gasteiger partial charge in [0.1, 0.15) is 0 Å². The van der Waals surface area contributed by atoms with E-state index in [2.05, 4.69) is 25.8 Å². The minimum Gasteiger partial charge on any atom is -0.336 e. The molecule has 2 aromatic heterocycles. The molecule has 0 radical (unpaired) electrons. The SMILES string of the molecule is O=C(Nc1ccc(-c2cn(C(=O)NCCN3CCCCC3)c3ccncc23)cc1)Nc1ccc(Cl)c(C(F)(F)F)c1. The highest BCUT2D eigenvalue weighted by molar-refractivity contribution is 6.31. The van der Waals surface area contributed by atoms with Crippen LogP contribution in [-0.4, -0.2) is 52.7 Å². The lowest BCUT2D eigenvalue weighted by Crippen LogP contribution is -2.38. The summed E-state index contributed by atoms with van der Waals surface area (Å²) in [4.78, 5) is 32.1. The van der Waals surface area contributed by atoms with Gasteiger partial charge in [0.2, 0.25) is 0 Å². The Kier molecular flexibility index (Phi) is 8.46. The van der Waals surface area contributed by atoms with Crippen LogP contribution < -0.4 is 16.0 Å². The lowest BCUT2D eigenvalue weighted by molar-refractivity contribution is -0.137. The maximum absolute atomic E-state index is 13.1. The van der Waals surface area contributed by atoms with Crippen LogP contribution in [0, 0.1) is 0 Å². The van der Waals surface area contributed by atoms with Crippen LogP contribution in [0.4, 0.5) is 34.1 Å². The molecule has 1 fully saturated rings. The van der Waals surface area contributed by atoms with Crippen molar-refractivity contribution in [1.82, 2.24) is 19.8 Å². The van der Waals surface area contributed by atoms with Crippen LogP contribution in [0.1, 0.15) is 24.8 Å². The fraction of sp³-hybridized carbons (Fsp3) is 0.276. The molecule has 8 nitrogen and oxygen atoms in total. The summed E-state index contributed by atoms with van der Waals surface area (Å²) >= 11 is 5.64. The minimum absolute atomic E-state index is 0.0506. The summed E-state index contributed by atoms with van der Waals surface area (Å²) in [5.74, 6) is 0. The van der Waals surface area contributed by atoms with Crippen molar-refractivity contribution in [3.63, 3.8) is 0 Å². The molecule has 12 heteroatoms. The van der Waals surface area contributed by atoms with Gasteiger partial charge in [0, 0.05) is 54.0 Å². The number of nitrogens with one attached hydrogen (secondary N) is 3. The molecule has 2 aromatic carbocycles. The number of fused-ring (bicyclic) bond motifs is 1. The second-order valence-corrected chi connectivity index (χ2v) is 10.2. The van der Waals surface area contributed by atoms with E-state index >= 15 is 0 Å². The van der Waals surface area contributed by atoms with E-state index in [1.165, 1.54) is 25.3 Å². The van der Waals surface area contributed by atoms with Crippen LogP contribution in [0.25, 0.3) is 22.0 Å². The van der Waals surface area contributed by atoms with Crippen LogP contribution in [0.2, 0.25) is 5.02 Å². The Morgan fingerprint density at radius 3 is 2.39 bits per heavy atom. The molecule has 0 spiro atoms. The van der Waals surface area contributed by atoms with Gasteiger partial charge in [-0.3, -0.25) is 9.55 Å². The normalized spacial score (nSPS) is 14.1. The number of halogens is 4. The Morgan fingerprint density at radius 2 is 1.66 bits per heavy atom. The number of amides is 3. The number of aromatic nitrogens is 2. The Labute approximate surface area is 239 Å². The van der Waals surface area contributed by atoms with Crippen LogP contribution in [0.3, 0.4) is 0 Å². The second-order valence-electron chi connectivity index (χ2n) is 9.79. The molecule has 1 aliphatic rings. The number of benzene rings is 2. The van der Waals surface area contributed by atoms with Crippen molar-refractivity contribution in [2.75, 3.05) is 36.8 Å². The molecule has 3 N–H and O–H groups in total. The summed E-state index contributed by atoms with van der Waals surface area (Å²) in [6.07, 6.45) is 4.09. The zero-order valence-electron chi connectivity index (χ0n) is 22.0. The predicted octanol–water partition coefficient (Wildman–Crippen LogP) is 7.06. The standard InChI is InChI=1S/C29H28ClF3N6O2/c30-25-9-8-21(16-24(25)29(31,32)33)37-27(40)36-20-6-4-19(5-7-20)23-18-39(26-10-11-34-17-22(23)26)28(41)35-12-15-38-13-2-1-3-14-38/h4-11,16-18H,1-3,12-15H2,(H,35,41)(H2,36,37,40). The number of carbonyl (C=O) groups excluding carboxylic acids is 2. The van der Waals surface area contributed by atoms with Crippen molar-refractivity contribution < 1.29 is 22.8 Å². The first-order valence-electron chi connectivity index (χ1n) is 13.2.